The molecule has 5 rings (SSSR count). The van der Waals surface area contributed by atoms with Gasteiger partial charge in [-0.15, -0.1) is 35.3 Å². The van der Waals surface area contributed by atoms with E-state index in [1.807, 2.05) is 23.5 Å². The average molecular weight is 389 g/mol. The fraction of sp³-hybridized carbons (Fsp3) is 0.421. The smallest absolute Gasteiger partial charge is 0.235 e. The van der Waals surface area contributed by atoms with Crippen LogP contribution in [0.25, 0.3) is 0 Å². The van der Waals surface area contributed by atoms with E-state index < -0.39 is 0 Å². The Bertz CT molecular complexity index is 766. The second-order valence-corrected chi connectivity index (χ2v) is 10.2. The van der Waals surface area contributed by atoms with Crippen molar-refractivity contribution >= 4 is 41.2 Å². The van der Waals surface area contributed by atoms with Gasteiger partial charge in [-0.1, -0.05) is 30.3 Å². The Balaban J connectivity index is 1.66. The number of thioether (sulfide) groups is 3. The lowest BCUT2D eigenvalue weighted by Crippen LogP contribution is -2.50. The van der Waals surface area contributed by atoms with E-state index in [0.29, 0.717) is 5.75 Å². The Morgan fingerprint density at radius 1 is 1.08 bits per heavy atom. The third kappa shape index (κ3) is 2.73. The Kier molecular flexibility index (Phi) is 4.30. The molecule has 6 heteroatoms. The topological polar surface area (TPSA) is 32.3 Å². The van der Waals surface area contributed by atoms with Gasteiger partial charge in [0.25, 0.3) is 0 Å². The molecule has 2 atom stereocenters. The van der Waals surface area contributed by atoms with Crippen molar-refractivity contribution in [2.45, 2.75) is 30.8 Å². The van der Waals surface area contributed by atoms with Gasteiger partial charge in [-0.25, -0.2) is 0 Å². The standard InChI is InChI=1S/C19H20N2OS3/c22-15-11-25-19-20-16-13(7-4-8-14(16)18-23-9-10-24-18)17(21(15)19)12-5-2-1-3-6-12/h1-3,5-6,17,19-20H,4,7-11H2/t17-,19-/m1/s1. The first-order valence-electron chi connectivity index (χ1n) is 8.79. The van der Waals surface area contributed by atoms with E-state index in [1.165, 1.54) is 44.6 Å². The van der Waals surface area contributed by atoms with Gasteiger partial charge < -0.3 is 10.2 Å². The Morgan fingerprint density at radius 2 is 1.88 bits per heavy atom. The number of rotatable bonds is 1. The van der Waals surface area contributed by atoms with Gasteiger partial charge in [-0.2, -0.15) is 0 Å². The number of allylic oxidation sites excluding steroid dienone is 1. The van der Waals surface area contributed by atoms with Crippen molar-refractivity contribution in [1.82, 2.24) is 10.2 Å². The van der Waals surface area contributed by atoms with Gasteiger partial charge in [0.1, 0.15) is 0 Å². The molecule has 1 aliphatic carbocycles. The van der Waals surface area contributed by atoms with Crippen LogP contribution in [0.2, 0.25) is 0 Å². The molecule has 2 fully saturated rings. The maximum Gasteiger partial charge on any atom is 0.235 e. The maximum absolute atomic E-state index is 12.6. The highest BCUT2D eigenvalue weighted by Gasteiger charge is 2.45. The largest absolute Gasteiger partial charge is 0.356 e. The highest BCUT2D eigenvalue weighted by molar-refractivity contribution is 8.25. The number of carbonyl (C=O) groups excluding carboxylic acids is 1. The van der Waals surface area contributed by atoms with Crippen LogP contribution in [0.15, 0.2) is 51.4 Å². The monoisotopic (exact) mass is 388 g/mol. The van der Waals surface area contributed by atoms with E-state index in [0.717, 1.165) is 12.8 Å². The highest BCUT2D eigenvalue weighted by Crippen LogP contribution is 2.50. The lowest BCUT2D eigenvalue weighted by Gasteiger charge is -2.44. The number of fused-ring (bicyclic) bond motifs is 1. The van der Waals surface area contributed by atoms with Crippen LogP contribution in [0.4, 0.5) is 0 Å². The lowest BCUT2D eigenvalue weighted by atomic mass is 9.83. The minimum absolute atomic E-state index is 0.0709. The van der Waals surface area contributed by atoms with Gasteiger partial charge in [0.2, 0.25) is 5.91 Å². The van der Waals surface area contributed by atoms with Crippen molar-refractivity contribution in [3.05, 3.63) is 57.0 Å². The summed E-state index contributed by atoms with van der Waals surface area (Å²) in [6.45, 7) is 0. The third-order valence-corrected chi connectivity index (χ3v) is 9.06. The van der Waals surface area contributed by atoms with Gasteiger partial charge >= 0.3 is 0 Å². The Labute approximate surface area is 161 Å². The van der Waals surface area contributed by atoms with E-state index >= 15 is 0 Å². The maximum atomic E-state index is 12.6. The molecule has 3 nitrogen and oxygen atoms in total. The second-order valence-electron chi connectivity index (χ2n) is 6.64. The molecule has 0 bridgehead atoms. The molecular weight excluding hydrogens is 368 g/mol. The van der Waals surface area contributed by atoms with Crippen LogP contribution in [0, 0.1) is 0 Å². The summed E-state index contributed by atoms with van der Waals surface area (Å²) in [7, 11) is 0. The van der Waals surface area contributed by atoms with Crippen LogP contribution in [-0.2, 0) is 4.79 Å². The molecule has 1 aromatic rings. The molecule has 3 aliphatic heterocycles. The first-order valence-corrected chi connectivity index (χ1v) is 11.8. The number of nitrogens with zero attached hydrogens (tertiary/aromatic N) is 1. The van der Waals surface area contributed by atoms with Gasteiger partial charge in [0.05, 0.1) is 11.8 Å². The van der Waals surface area contributed by atoms with Crippen molar-refractivity contribution in [2.75, 3.05) is 17.3 Å². The van der Waals surface area contributed by atoms with E-state index in [-0.39, 0.29) is 17.4 Å². The third-order valence-electron chi connectivity index (χ3n) is 5.19. The minimum Gasteiger partial charge on any atom is -0.356 e. The van der Waals surface area contributed by atoms with Crippen LogP contribution in [0.3, 0.4) is 0 Å². The summed E-state index contributed by atoms with van der Waals surface area (Å²) in [6.07, 6.45) is 3.42. The first kappa shape index (κ1) is 16.2. The molecule has 0 spiro atoms. The number of hydrogen-bond donors (Lipinski definition) is 1. The fourth-order valence-electron chi connectivity index (χ4n) is 4.16. The SMILES string of the molecule is O=C1CS[C@@H]2NC3=C(CCCC3=C3SCCS3)[C@@H](c3ccccc3)N12. The molecule has 0 saturated carbocycles. The Morgan fingerprint density at radius 3 is 2.68 bits per heavy atom. The van der Waals surface area contributed by atoms with Crippen molar-refractivity contribution in [2.24, 2.45) is 0 Å². The molecular formula is C19H20N2OS3. The normalized spacial score (nSPS) is 29.0. The molecule has 1 aromatic carbocycles. The molecule has 3 heterocycles. The van der Waals surface area contributed by atoms with Crippen molar-refractivity contribution in [3.63, 3.8) is 0 Å². The summed E-state index contributed by atoms with van der Waals surface area (Å²) in [6, 6.07) is 10.7. The molecule has 25 heavy (non-hydrogen) atoms. The number of amides is 1. The zero-order valence-electron chi connectivity index (χ0n) is 13.9. The van der Waals surface area contributed by atoms with Crippen molar-refractivity contribution in [1.29, 1.82) is 0 Å². The predicted octanol–water partition coefficient (Wildman–Crippen LogP) is 4.32. The quantitative estimate of drug-likeness (QED) is 0.775. The van der Waals surface area contributed by atoms with Gasteiger partial charge in [0.15, 0.2) is 5.50 Å². The molecule has 2 saturated heterocycles. The molecule has 0 radical (unpaired) electrons. The highest BCUT2D eigenvalue weighted by atomic mass is 32.2. The summed E-state index contributed by atoms with van der Waals surface area (Å²) in [5, 5.41) is 3.74. The van der Waals surface area contributed by atoms with Crippen molar-refractivity contribution < 1.29 is 4.79 Å². The summed E-state index contributed by atoms with van der Waals surface area (Å²) in [4.78, 5) is 14.7. The molecule has 0 unspecified atom stereocenters. The summed E-state index contributed by atoms with van der Waals surface area (Å²) in [5.41, 5.74) is 5.59. The summed E-state index contributed by atoms with van der Waals surface area (Å²) in [5.74, 6) is 3.28. The lowest BCUT2D eigenvalue weighted by molar-refractivity contribution is -0.130. The van der Waals surface area contributed by atoms with Gasteiger partial charge in [0, 0.05) is 21.4 Å². The fourth-order valence-corrected chi connectivity index (χ4v) is 7.83. The number of nitrogens with one attached hydrogen (secondary N) is 1. The summed E-state index contributed by atoms with van der Waals surface area (Å²) < 4.78 is 1.51. The number of hydrogen-bond acceptors (Lipinski definition) is 5. The van der Waals surface area contributed by atoms with E-state index in [2.05, 4.69) is 40.5 Å². The van der Waals surface area contributed by atoms with Gasteiger partial charge in [-0.3, -0.25) is 4.79 Å². The molecule has 1 N–H and O–H groups in total. The number of carbonyl (C=O) groups is 1. The average Bonchev–Trinajstić information content (AvgIpc) is 3.31. The minimum atomic E-state index is 0.0709. The number of benzene rings is 1. The van der Waals surface area contributed by atoms with E-state index in [1.54, 1.807) is 11.8 Å². The van der Waals surface area contributed by atoms with Crippen LogP contribution in [0.1, 0.15) is 30.9 Å². The summed E-state index contributed by atoms with van der Waals surface area (Å²) >= 11 is 5.75. The van der Waals surface area contributed by atoms with Crippen LogP contribution >= 0.6 is 35.3 Å². The van der Waals surface area contributed by atoms with Crippen molar-refractivity contribution in [3.8, 4) is 0 Å². The van der Waals surface area contributed by atoms with E-state index in [9.17, 15) is 4.79 Å². The first-order chi connectivity index (χ1) is 12.3. The van der Waals surface area contributed by atoms with Crippen LogP contribution < -0.4 is 5.32 Å². The van der Waals surface area contributed by atoms with Crippen LogP contribution in [0.5, 0.6) is 0 Å². The zero-order valence-corrected chi connectivity index (χ0v) is 16.3. The second kappa shape index (κ2) is 6.63. The van der Waals surface area contributed by atoms with Crippen LogP contribution in [-0.4, -0.2) is 33.6 Å². The van der Waals surface area contributed by atoms with Gasteiger partial charge in [-0.05, 0) is 36.0 Å². The zero-order chi connectivity index (χ0) is 16.8. The Hall–Kier alpha value is -0.980. The predicted molar refractivity (Wildman–Crippen MR) is 108 cm³/mol. The van der Waals surface area contributed by atoms with E-state index in [4.69, 9.17) is 0 Å². The molecule has 0 aromatic heterocycles. The molecule has 1 amide bonds. The molecule has 4 aliphatic rings. The molecule has 130 valence electrons.